The third kappa shape index (κ3) is 5.10. The van der Waals surface area contributed by atoms with E-state index in [1.807, 2.05) is 13.0 Å². The maximum Gasteiger partial charge on any atom is 0.213 e. The minimum Gasteiger partial charge on any atom is -0.475 e. The summed E-state index contributed by atoms with van der Waals surface area (Å²) < 4.78 is 11.0. The van der Waals surface area contributed by atoms with Crippen LogP contribution < -0.4 is 10.1 Å². The number of hydrogen-bond donors (Lipinski definition) is 1. The molecule has 4 nitrogen and oxygen atoms in total. The van der Waals surface area contributed by atoms with Crippen LogP contribution in [0, 0.1) is 0 Å². The summed E-state index contributed by atoms with van der Waals surface area (Å²) in [6, 6.07) is 4.93. The van der Waals surface area contributed by atoms with E-state index in [2.05, 4.69) is 30.2 Å². The van der Waals surface area contributed by atoms with E-state index in [9.17, 15) is 0 Å². The SMILES string of the molecule is CCOCCOc1cc(CNC2CC2)cc(C(C)C)n1. The lowest BCUT2D eigenvalue weighted by atomic mass is 10.1. The predicted octanol–water partition coefficient (Wildman–Crippen LogP) is 2.87. The smallest absolute Gasteiger partial charge is 0.213 e. The quantitative estimate of drug-likeness (QED) is 0.705. The largest absolute Gasteiger partial charge is 0.475 e. The summed E-state index contributed by atoms with van der Waals surface area (Å²) in [6.45, 7) is 9.08. The Morgan fingerprint density at radius 3 is 2.75 bits per heavy atom. The van der Waals surface area contributed by atoms with Gasteiger partial charge in [0.05, 0.1) is 6.61 Å². The van der Waals surface area contributed by atoms with E-state index in [1.165, 1.54) is 18.4 Å². The van der Waals surface area contributed by atoms with E-state index < -0.39 is 0 Å². The lowest BCUT2D eigenvalue weighted by Gasteiger charge is -2.12. The molecule has 1 fully saturated rings. The number of nitrogens with one attached hydrogen (secondary N) is 1. The number of pyridine rings is 1. The molecule has 0 aliphatic heterocycles. The van der Waals surface area contributed by atoms with Gasteiger partial charge in [-0.2, -0.15) is 0 Å². The molecule has 0 aromatic carbocycles. The van der Waals surface area contributed by atoms with Crippen molar-refractivity contribution in [3.63, 3.8) is 0 Å². The van der Waals surface area contributed by atoms with Gasteiger partial charge in [-0.15, -0.1) is 0 Å². The summed E-state index contributed by atoms with van der Waals surface area (Å²) in [5, 5.41) is 3.53. The normalized spacial score (nSPS) is 14.8. The van der Waals surface area contributed by atoms with Crippen LogP contribution >= 0.6 is 0 Å². The van der Waals surface area contributed by atoms with Crippen molar-refractivity contribution >= 4 is 0 Å². The standard InChI is InChI=1S/C16H26N2O2/c1-4-19-7-8-20-16-10-13(11-17-14-5-6-14)9-15(18-16)12(2)3/h9-10,12,14,17H,4-8,11H2,1-3H3. The van der Waals surface area contributed by atoms with Crippen molar-refractivity contribution in [2.24, 2.45) is 0 Å². The Morgan fingerprint density at radius 2 is 2.10 bits per heavy atom. The van der Waals surface area contributed by atoms with Gasteiger partial charge in [0.1, 0.15) is 6.61 Å². The maximum absolute atomic E-state index is 5.70. The summed E-state index contributed by atoms with van der Waals surface area (Å²) in [7, 11) is 0. The summed E-state index contributed by atoms with van der Waals surface area (Å²) in [6.07, 6.45) is 2.61. The van der Waals surface area contributed by atoms with Gasteiger partial charge in [0, 0.05) is 31.0 Å². The van der Waals surface area contributed by atoms with Gasteiger partial charge in [-0.1, -0.05) is 13.8 Å². The van der Waals surface area contributed by atoms with Crippen molar-refractivity contribution in [1.29, 1.82) is 0 Å². The first-order valence-corrected chi connectivity index (χ1v) is 7.63. The lowest BCUT2D eigenvalue weighted by Crippen LogP contribution is -2.16. The first-order valence-electron chi connectivity index (χ1n) is 7.63. The minimum atomic E-state index is 0.408. The third-order valence-corrected chi connectivity index (χ3v) is 3.33. The molecule has 1 saturated carbocycles. The Bertz CT molecular complexity index is 417. The zero-order valence-electron chi connectivity index (χ0n) is 12.8. The Labute approximate surface area is 121 Å². The van der Waals surface area contributed by atoms with Crippen LogP contribution in [-0.4, -0.2) is 30.8 Å². The first-order chi connectivity index (χ1) is 9.69. The average molecular weight is 278 g/mol. The molecule has 0 unspecified atom stereocenters. The van der Waals surface area contributed by atoms with Crippen LogP contribution in [0.4, 0.5) is 0 Å². The molecule has 1 N–H and O–H groups in total. The molecule has 2 rings (SSSR count). The number of nitrogens with zero attached hydrogens (tertiary/aromatic N) is 1. The highest BCUT2D eigenvalue weighted by atomic mass is 16.5. The Balaban J connectivity index is 1.96. The van der Waals surface area contributed by atoms with Gasteiger partial charge in [-0.05, 0) is 37.3 Å². The third-order valence-electron chi connectivity index (χ3n) is 3.33. The molecule has 0 amide bonds. The van der Waals surface area contributed by atoms with E-state index in [4.69, 9.17) is 9.47 Å². The number of hydrogen-bond acceptors (Lipinski definition) is 4. The fourth-order valence-electron chi connectivity index (χ4n) is 1.95. The zero-order valence-corrected chi connectivity index (χ0v) is 12.8. The molecule has 4 heteroatoms. The topological polar surface area (TPSA) is 43.4 Å². The first kappa shape index (κ1) is 15.3. The van der Waals surface area contributed by atoms with Crippen LogP contribution in [-0.2, 0) is 11.3 Å². The molecule has 1 aromatic heterocycles. The fraction of sp³-hybridized carbons (Fsp3) is 0.688. The van der Waals surface area contributed by atoms with Crippen LogP contribution in [0.15, 0.2) is 12.1 Å². The highest BCUT2D eigenvalue weighted by Gasteiger charge is 2.20. The molecule has 0 atom stereocenters. The van der Waals surface area contributed by atoms with Crippen LogP contribution in [0.3, 0.4) is 0 Å². The predicted molar refractivity (Wildman–Crippen MR) is 80.2 cm³/mol. The molecule has 0 bridgehead atoms. The number of aromatic nitrogens is 1. The molecule has 1 aromatic rings. The summed E-state index contributed by atoms with van der Waals surface area (Å²) >= 11 is 0. The second-order valence-electron chi connectivity index (χ2n) is 5.59. The van der Waals surface area contributed by atoms with E-state index >= 15 is 0 Å². The Morgan fingerprint density at radius 1 is 1.30 bits per heavy atom. The lowest BCUT2D eigenvalue weighted by molar-refractivity contribution is 0.108. The average Bonchev–Trinajstić information content (AvgIpc) is 3.25. The molecule has 20 heavy (non-hydrogen) atoms. The van der Waals surface area contributed by atoms with E-state index in [-0.39, 0.29) is 0 Å². The molecule has 0 spiro atoms. The highest BCUT2D eigenvalue weighted by molar-refractivity contribution is 5.26. The molecular weight excluding hydrogens is 252 g/mol. The zero-order chi connectivity index (χ0) is 14.4. The highest BCUT2D eigenvalue weighted by Crippen LogP contribution is 2.22. The second kappa shape index (κ2) is 7.60. The van der Waals surface area contributed by atoms with Gasteiger partial charge in [0.15, 0.2) is 0 Å². The van der Waals surface area contributed by atoms with Crippen molar-refractivity contribution < 1.29 is 9.47 Å². The summed E-state index contributed by atoms with van der Waals surface area (Å²) in [4.78, 5) is 4.57. The van der Waals surface area contributed by atoms with Crippen LogP contribution in [0.25, 0.3) is 0 Å². The molecule has 0 radical (unpaired) electrons. The van der Waals surface area contributed by atoms with Crippen molar-refractivity contribution in [2.75, 3.05) is 19.8 Å². The summed E-state index contributed by atoms with van der Waals surface area (Å²) in [5.41, 5.74) is 2.34. The Hall–Kier alpha value is -1.13. The van der Waals surface area contributed by atoms with E-state index in [0.717, 1.165) is 18.8 Å². The fourth-order valence-corrected chi connectivity index (χ4v) is 1.95. The van der Waals surface area contributed by atoms with Crippen LogP contribution in [0.2, 0.25) is 0 Å². The van der Waals surface area contributed by atoms with Crippen molar-refractivity contribution in [3.8, 4) is 5.88 Å². The monoisotopic (exact) mass is 278 g/mol. The van der Waals surface area contributed by atoms with Gasteiger partial charge < -0.3 is 14.8 Å². The molecule has 1 aliphatic rings. The van der Waals surface area contributed by atoms with E-state index in [1.54, 1.807) is 0 Å². The molecule has 112 valence electrons. The van der Waals surface area contributed by atoms with Gasteiger partial charge >= 0.3 is 0 Å². The molecule has 0 saturated heterocycles. The number of rotatable bonds is 9. The van der Waals surface area contributed by atoms with Gasteiger partial charge in [0.25, 0.3) is 0 Å². The van der Waals surface area contributed by atoms with Gasteiger partial charge in [-0.25, -0.2) is 4.98 Å². The van der Waals surface area contributed by atoms with E-state index in [0.29, 0.717) is 31.1 Å². The maximum atomic E-state index is 5.70. The molecule has 1 aliphatic carbocycles. The Kier molecular flexibility index (Phi) is 5.80. The van der Waals surface area contributed by atoms with Crippen molar-refractivity contribution in [3.05, 3.63) is 23.4 Å². The second-order valence-corrected chi connectivity index (χ2v) is 5.59. The van der Waals surface area contributed by atoms with Gasteiger partial charge in [-0.3, -0.25) is 0 Å². The summed E-state index contributed by atoms with van der Waals surface area (Å²) in [5.74, 6) is 1.12. The molecule has 1 heterocycles. The van der Waals surface area contributed by atoms with Crippen LogP contribution in [0.5, 0.6) is 5.88 Å². The van der Waals surface area contributed by atoms with Crippen LogP contribution in [0.1, 0.15) is 50.8 Å². The molecular formula is C16H26N2O2. The van der Waals surface area contributed by atoms with Crippen molar-refractivity contribution in [2.45, 2.75) is 52.1 Å². The van der Waals surface area contributed by atoms with Crippen molar-refractivity contribution in [1.82, 2.24) is 10.3 Å². The van der Waals surface area contributed by atoms with Gasteiger partial charge in [0.2, 0.25) is 5.88 Å². The number of ether oxygens (including phenoxy) is 2. The minimum absolute atomic E-state index is 0.408.